The summed E-state index contributed by atoms with van der Waals surface area (Å²) in [6.45, 7) is 9.73. The van der Waals surface area contributed by atoms with Crippen LogP contribution in [-0.2, 0) is 0 Å². The maximum absolute atomic E-state index is 2.53. The van der Waals surface area contributed by atoms with Gasteiger partial charge >= 0.3 is 0 Å². The zero-order valence-electron chi connectivity index (χ0n) is 12.2. The first-order valence-electron chi connectivity index (χ1n) is 7.34. The van der Waals surface area contributed by atoms with Crippen LogP contribution in [0.25, 0.3) is 0 Å². The van der Waals surface area contributed by atoms with Crippen molar-refractivity contribution in [3.8, 4) is 0 Å². The lowest BCUT2D eigenvalue weighted by Gasteiger charge is -2.40. The summed E-state index contributed by atoms with van der Waals surface area (Å²) >= 11 is 0. The van der Waals surface area contributed by atoms with E-state index in [2.05, 4.69) is 39.8 Å². The van der Waals surface area contributed by atoms with E-state index >= 15 is 0 Å². The molecule has 2 atom stereocenters. The molecule has 0 amide bonds. The average Bonchev–Trinajstić information content (AvgIpc) is 2.71. The molecule has 0 aromatic heterocycles. The van der Waals surface area contributed by atoms with Gasteiger partial charge in [-0.1, -0.05) is 45.4 Å². The molecule has 0 aliphatic heterocycles. The fraction of sp³-hybridized carbons (Fsp3) is 0.750. The first-order chi connectivity index (χ1) is 7.94. The Hall–Kier alpha value is -0.303. The van der Waals surface area contributed by atoms with Gasteiger partial charge in [0.1, 0.15) is 0 Å². The lowest BCUT2D eigenvalue weighted by atomic mass is 9.71. The summed E-state index contributed by atoms with van der Waals surface area (Å²) in [4.78, 5) is 0. The molecular weight excluding hydrogens is 220 g/mol. The second kappa shape index (κ2) is 4.76. The van der Waals surface area contributed by atoms with Crippen molar-refractivity contribution in [3.05, 3.63) is 23.3 Å². The Bertz CT molecular complexity index is 347. The molecule has 0 radical (unpaired) electrons. The van der Waals surface area contributed by atoms with Crippen molar-refractivity contribution in [2.24, 2.45) is 17.3 Å². The Morgan fingerprint density at radius 2 is 1.88 bits per heavy atom. The fourth-order valence-electron chi connectivity index (χ4n) is 3.32. The molecule has 0 aromatic carbocycles. The summed E-state index contributed by atoms with van der Waals surface area (Å²) in [6, 6.07) is 0. The van der Waals surface area contributed by atoms with Crippen LogP contribution in [0.4, 0.5) is 0 Å². The standard InChI is InChI=1S/C16H28Si/c1-11(2)16(3,4)15(17)14-10-9-12-7-5-6-8-13(12)14/h9-11,14-15H,5-8H2,1-4,17H3. The van der Waals surface area contributed by atoms with Crippen LogP contribution in [0.3, 0.4) is 0 Å². The number of allylic oxidation sites excluding steroid dienone is 4. The smallest absolute Gasteiger partial charge is 0.00858 e. The summed E-state index contributed by atoms with van der Waals surface area (Å²) in [6.07, 6.45) is 10.5. The van der Waals surface area contributed by atoms with E-state index in [4.69, 9.17) is 0 Å². The molecule has 0 bridgehead atoms. The molecule has 96 valence electrons. The SMILES string of the molecule is CC(C)C(C)(C)C([SiH3])C1C=CC2=C1CCCC2. The molecule has 0 saturated heterocycles. The molecule has 2 unspecified atom stereocenters. The van der Waals surface area contributed by atoms with E-state index in [0.29, 0.717) is 5.41 Å². The average molecular weight is 248 g/mol. The van der Waals surface area contributed by atoms with Crippen molar-refractivity contribution in [2.45, 2.75) is 58.9 Å². The molecule has 2 rings (SSSR count). The largest absolute Gasteiger partial charge is 0.0771 e. The van der Waals surface area contributed by atoms with Gasteiger partial charge in [0.15, 0.2) is 0 Å². The van der Waals surface area contributed by atoms with Crippen molar-refractivity contribution in [3.63, 3.8) is 0 Å². The van der Waals surface area contributed by atoms with E-state index in [1.165, 1.54) is 35.9 Å². The van der Waals surface area contributed by atoms with Gasteiger partial charge in [-0.2, -0.15) is 0 Å². The minimum absolute atomic E-state index is 0.487. The van der Waals surface area contributed by atoms with Crippen molar-refractivity contribution in [1.82, 2.24) is 0 Å². The molecule has 0 aromatic rings. The Morgan fingerprint density at radius 1 is 1.24 bits per heavy atom. The molecule has 1 heteroatoms. The molecule has 0 spiro atoms. The molecule has 2 aliphatic carbocycles. The minimum atomic E-state index is 0.487. The molecule has 17 heavy (non-hydrogen) atoms. The number of rotatable bonds is 3. The van der Waals surface area contributed by atoms with Gasteiger partial charge in [0.25, 0.3) is 0 Å². The Morgan fingerprint density at radius 3 is 2.53 bits per heavy atom. The lowest BCUT2D eigenvalue weighted by molar-refractivity contribution is 0.212. The predicted molar refractivity (Wildman–Crippen MR) is 80.4 cm³/mol. The maximum atomic E-state index is 2.53. The van der Waals surface area contributed by atoms with Crippen molar-refractivity contribution in [2.75, 3.05) is 0 Å². The first-order valence-corrected chi connectivity index (χ1v) is 8.50. The highest BCUT2D eigenvalue weighted by Gasteiger charge is 2.37. The van der Waals surface area contributed by atoms with Gasteiger partial charge in [-0.25, -0.2) is 0 Å². The van der Waals surface area contributed by atoms with Gasteiger partial charge < -0.3 is 0 Å². The van der Waals surface area contributed by atoms with Crippen LogP contribution in [0.15, 0.2) is 23.3 Å². The molecule has 0 fully saturated rings. The predicted octanol–water partition coefficient (Wildman–Crippen LogP) is 3.88. The summed E-state index contributed by atoms with van der Waals surface area (Å²) in [5.41, 5.74) is 4.89. The Kier molecular flexibility index (Phi) is 3.68. The van der Waals surface area contributed by atoms with Gasteiger partial charge in [0.05, 0.1) is 0 Å². The summed E-state index contributed by atoms with van der Waals surface area (Å²) in [5.74, 6) is 1.57. The van der Waals surface area contributed by atoms with E-state index in [-0.39, 0.29) is 0 Å². The molecule has 2 aliphatic rings. The third-order valence-electron chi connectivity index (χ3n) is 5.66. The minimum Gasteiger partial charge on any atom is -0.0771 e. The third kappa shape index (κ3) is 2.31. The lowest BCUT2D eigenvalue weighted by Crippen LogP contribution is -2.30. The van der Waals surface area contributed by atoms with Crippen LogP contribution >= 0.6 is 0 Å². The first kappa shape index (κ1) is 13.1. The summed E-state index contributed by atoms with van der Waals surface area (Å²) in [5, 5.41) is 0. The van der Waals surface area contributed by atoms with Gasteiger partial charge in [-0.05, 0) is 54.0 Å². The zero-order valence-corrected chi connectivity index (χ0v) is 14.2. The molecule has 0 saturated carbocycles. The van der Waals surface area contributed by atoms with Crippen molar-refractivity contribution < 1.29 is 0 Å². The van der Waals surface area contributed by atoms with Crippen LogP contribution in [0.1, 0.15) is 53.4 Å². The van der Waals surface area contributed by atoms with Crippen LogP contribution in [0, 0.1) is 17.3 Å². The molecule has 0 heterocycles. The highest BCUT2D eigenvalue weighted by Crippen LogP contribution is 2.49. The van der Waals surface area contributed by atoms with Crippen LogP contribution in [0.2, 0.25) is 5.54 Å². The van der Waals surface area contributed by atoms with Gasteiger partial charge in [0, 0.05) is 10.2 Å². The van der Waals surface area contributed by atoms with E-state index < -0.39 is 0 Å². The van der Waals surface area contributed by atoms with E-state index in [0.717, 1.165) is 17.4 Å². The van der Waals surface area contributed by atoms with Crippen LogP contribution < -0.4 is 0 Å². The summed E-state index contributed by atoms with van der Waals surface area (Å²) in [7, 11) is 1.31. The third-order valence-corrected chi connectivity index (χ3v) is 7.87. The van der Waals surface area contributed by atoms with E-state index in [9.17, 15) is 0 Å². The quantitative estimate of drug-likeness (QED) is 0.665. The Balaban J connectivity index is 2.19. The molecular formula is C16H28Si. The van der Waals surface area contributed by atoms with Crippen molar-refractivity contribution >= 4 is 10.2 Å². The fourth-order valence-corrected chi connectivity index (χ4v) is 4.61. The normalized spacial score (nSPS) is 26.8. The highest BCUT2D eigenvalue weighted by atomic mass is 28.1. The van der Waals surface area contributed by atoms with Crippen LogP contribution in [0.5, 0.6) is 0 Å². The second-order valence-electron chi connectivity index (χ2n) is 6.91. The van der Waals surface area contributed by atoms with E-state index in [1.54, 1.807) is 5.57 Å². The maximum Gasteiger partial charge on any atom is 0.00858 e. The highest BCUT2D eigenvalue weighted by molar-refractivity contribution is 6.12. The van der Waals surface area contributed by atoms with Gasteiger partial charge in [0.2, 0.25) is 0 Å². The van der Waals surface area contributed by atoms with E-state index in [1.807, 2.05) is 5.57 Å². The van der Waals surface area contributed by atoms with Crippen LogP contribution in [-0.4, -0.2) is 10.2 Å². The van der Waals surface area contributed by atoms with Gasteiger partial charge in [-0.15, -0.1) is 0 Å². The number of hydrogen-bond acceptors (Lipinski definition) is 0. The number of hydrogen-bond donors (Lipinski definition) is 0. The van der Waals surface area contributed by atoms with Gasteiger partial charge in [-0.3, -0.25) is 0 Å². The molecule has 0 nitrogen and oxygen atoms in total. The second-order valence-corrected chi connectivity index (χ2v) is 8.15. The summed E-state index contributed by atoms with van der Waals surface area (Å²) < 4.78 is 0. The zero-order chi connectivity index (χ0) is 12.6. The van der Waals surface area contributed by atoms with Crippen molar-refractivity contribution in [1.29, 1.82) is 0 Å². The Labute approximate surface area is 110 Å². The monoisotopic (exact) mass is 248 g/mol. The topological polar surface area (TPSA) is 0 Å². The molecule has 0 N–H and O–H groups in total.